The minimum atomic E-state index is -0.822. The van der Waals surface area contributed by atoms with E-state index >= 15 is 0 Å². The Balaban J connectivity index is 1.78. The van der Waals surface area contributed by atoms with Crippen molar-refractivity contribution in [1.29, 1.82) is 0 Å². The van der Waals surface area contributed by atoms with Crippen LogP contribution in [-0.2, 0) is 16.0 Å². The number of para-hydroxylation sites is 1. The molecule has 2 atom stereocenters. The number of hydrogen-bond acceptors (Lipinski definition) is 3. The monoisotopic (exact) mass is 456 g/mol. The molecule has 1 heterocycles. The summed E-state index contributed by atoms with van der Waals surface area (Å²) >= 11 is 0. The topological polar surface area (TPSA) is 83.6 Å². The number of primary amides is 1. The van der Waals surface area contributed by atoms with Gasteiger partial charge in [0.2, 0.25) is 5.91 Å². The Morgan fingerprint density at radius 3 is 2.12 bits per heavy atom. The molecule has 0 bridgehead atoms. The van der Waals surface area contributed by atoms with E-state index in [0.717, 1.165) is 35.3 Å². The number of hydrogen-bond donors (Lipinski definition) is 2. The van der Waals surface area contributed by atoms with Crippen LogP contribution in [0.15, 0.2) is 78.9 Å². The number of benzene rings is 3. The Labute approximate surface area is 201 Å². The van der Waals surface area contributed by atoms with Gasteiger partial charge >= 0.3 is 5.97 Å². The molecule has 1 saturated heterocycles. The Bertz CT molecular complexity index is 1110. The van der Waals surface area contributed by atoms with Crippen LogP contribution in [0, 0.1) is 0 Å². The van der Waals surface area contributed by atoms with E-state index in [1.54, 1.807) is 0 Å². The minimum Gasteiger partial charge on any atom is -0.481 e. The van der Waals surface area contributed by atoms with Gasteiger partial charge in [0.25, 0.3) is 0 Å². The number of amides is 1. The highest BCUT2D eigenvalue weighted by Crippen LogP contribution is 2.43. The van der Waals surface area contributed by atoms with Gasteiger partial charge < -0.3 is 15.7 Å². The summed E-state index contributed by atoms with van der Waals surface area (Å²) in [7, 11) is 0. The zero-order valence-electron chi connectivity index (χ0n) is 19.4. The standard InChI is InChI=1S/C29H32N2O3/c30-29(34)28(23-16-13-21(14-17-23)15-18-26(32)33)27(22-9-3-1-4-10-22)24-11-5-6-12-25(24)31-19-7-2-8-20-31/h1,3-6,9-14,16-17,27-28H,2,7-8,15,18-20H2,(H2,30,34)(H,32,33). The van der Waals surface area contributed by atoms with Crippen LogP contribution < -0.4 is 10.6 Å². The lowest BCUT2D eigenvalue weighted by Crippen LogP contribution is -2.32. The van der Waals surface area contributed by atoms with Gasteiger partial charge in [0.05, 0.1) is 5.92 Å². The molecule has 0 radical (unpaired) electrons. The number of nitrogens with zero attached hydrogens (tertiary/aromatic N) is 1. The SMILES string of the molecule is NC(=O)C(c1ccc(CCC(=O)O)cc1)C(c1ccccc1)c1ccccc1N1CCCCC1. The first-order chi connectivity index (χ1) is 16.5. The molecular formula is C29H32N2O3. The molecule has 1 aliphatic heterocycles. The number of carbonyl (C=O) groups is 2. The summed E-state index contributed by atoms with van der Waals surface area (Å²) in [6.07, 6.45) is 4.12. The van der Waals surface area contributed by atoms with Crippen molar-refractivity contribution >= 4 is 17.6 Å². The van der Waals surface area contributed by atoms with Crippen molar-refractivity contribution in [2.24, 2.45) is 5.73 Å². The van der Waals surface area contributed by atoms with Gasteiger partial charge in [-0.1, -0.05) is 72.8 Å². The van der Waals surface area contributed by atoms with Crippen LogP contribution in [0.5, 0.6) is 0 Å². The minimum absolute atomic E-state index is 0.0778. The Morgan fingerprint density at radius 1 is 0.824 bits per heavy atom. The van der Waals surface area contributed by atoms with Gasteiger partial charge in [-0.3, -0.25) is 9.59 Å². The highest BCUT2D eigenvalue weighted by Gasteiger charge is 2.33. The fourth-order valence-electron chi connectivity index (χ4n) is 5.05. The molecule has 0 spiro atoms. The van der Waals surface area contributed by atoms with Crippen molar-refractivity contribution in [3.05, 3.63) is 101 Å². The van der Waals surface area contributed by atoms with Gasteiger partial charge in [-0.25, -0.2) is 0 Å². The molecule has 0 saturated carbocycles. The van der Waals surface area contributed by atoms with Gasteiger partial charge in [0, 0.05) is 31.1 Å². The summed E-state index contributed by atoms with van der Waals surface area (Å²) < 4.78 is 0. The zero-order valence-corrected chi connectivity index (χ0v) is 19.4. The predicted molar refractivity (Wildman–Crippen MR) is 135 cm³/mol. The van der Waals surface area contributed by atoms with E-state index in [9.17, 15) is 9.59 Å². The maximum Gasteiger partial charge on any atom is 0.303 e. The quantitative estimate of drug-likeness (QED) is 0.469. The van der Waals surface area contributed by atoms with E-state index < -0.39 is 11.9 Å². The largest absolute Gasteiger partial charge is 0.481 e. The molecule has 34 heavy (non-hydrogen) atoms. The molecule has 1 fully saturated rings. The van der Waals surface area contributed by atoms with Gasteiger partial charge in [-0.15, -0.1) is 0 Å². The Kier molecular flexibility index (Phi) is 7.63. The average molecular weight is 457 g/mol. The molecular weight excluding hydrogens is 424 g/mol. The third-order valence-electron chi connectivity index (χ3n) is 6.73. The average Bonchev–Trinajstić information content (AvgIpc) is 2.87. The molecule has 3 aromatic rings. The van der Waals surface area contributed by atoms with Crippen molar-refractivity contribution < 1.29 is 14.7 Å². The molecule has 2 unspecified atom stereocenters. The van der Waals surface area contributed by atoms with Gasteiger partial charge in [-0.2, -0.15) is 0 Å². The van der Waals surface area contributed by atoms with Crippen LogP contribution in [0.2, 0.25) is 0 Å². The van der Waals surface area contributed by atoms with E-state index in [-0.39, 0.29) is 18.2 Å². The Morgan fingerprint density at radius 2 is 1.47 bits per heavy atom. The summed E-state index contributed by atoms with van der Waals surface area (Å²) in [6.45, 7) is 2.02. The molecule has 3 aromatic carbocycles. The third-order valence-corrected chi connectivity index (χ3v) is 6.73. The van der Waals surface area contributed by atoms with E-state index in [2.05, 4.69) is 35.2 Å². The number of aryl methyl sites for hydroxylation is 1. The number of rotatable bonds is 9. The second kappa shape index (κ2) is 11.0. The molecule has 3 N–H and O–H groups in total. The molecule has 1 aliphatic rings. The van der Waals surface area contributed by atoms with E-state index in [1.807, 2.05) is 48.5 Å². The molecule has 5 nitrogen and oxygen atoms in total. The fraction of sp³-hybridized carbons (Fsp3) is 0.310. The van der Waals surface area contributed by atoms with Crippen molar-refractivity contribution in [3.8, 4) is 0 Å². The molecule has 0 aliphatic carbocycles. The van der Waals surface area contributed by atoms with E-state index in [1.165, 1.54) is 24.9 Å². The zero-order chi connectivity index (χ0) is 23.9. The molecule has 1 amide bonds. The van der Waals surface area contributed by atoms with E-state index in [4.69, 9.17) is 10.8 Å². The van der Waals surface area contributed by atoms with E-state index in [0.29, 0.717) is 6.42 Å². The summed E-state index contributed by atoms with van der Waals surface area (Å²) in [5.74, 6) is -1.98. The van der Waals surface area contributed by atoms with Crippen LogP contribution in [-0.4, -0.2) is 30.1 Å². The third kappa shape index (κ3) is 5.48. The van der Waals surface area contributed by atoms with Crippen LogP contribution in [0.1, 0.15) is 59.8 Å². The number of piperidine rings is 1. The van der Waals surface area contributed by atoms with Crippen molar-refractivity contribution in [2.45, 2.75) is 43.9 Å². The molecule has 0 aromatic heterocycles. The fourth-order valence-corrected chi connectivity index (χ4v) is 5.05. The van der Waals surface area contributed by atoms with Crippen LogP contribution >= 0.6 is 0 Å². The second-order valence-electron chi connectivity index (χ2n) is 9.01. The lowest BCUT2D eigenvalue weighted by atomic mass is 9.75. The lowest BCUT2D eigenvalue weighted by molar-refractivity contribution is -0.137. The second-order valence-corrected chi connectivity index (χ2v) is 9.01. The maximum absolute atomic E-state index is 13.0. The first-order valence-corrected chi connectivity index (χ1v) is 12.0. The van der Waals surface area contributed by atoms with Crippen LogP contribution in [0.25, 0.3) is 0 Å². The van der Waals surface area contributed by atoms with Crippen molar-refractivity contribution in [1.82, 2.24) is 0 Å². The number of nitrogens with two attached hydrogens (primary N) is 1. The van der Waals surface area contributed by atoms with Crippen molar-refractivity contribution in [3.63, 3.8) is 0 Å². The lowest BCUT2D eigenvalue weighted by Gasteiger charge is -2.34. The van der Waals surface area contributed by atoms with Gasteiger partial charge in [-0.05, 0) is 54.0 Å². The number of aliphatic carboxylic acids is 1. The normalized spacial score (nSPS) is 15.5. The van der Waals surface area contributed by atoms with Gasteiger partial charge in [0.1, 0.15) is 0 Å². The molecule has 4 rings (SSSR count). The Hall–Kier alpha value is -3.60. The summed E-state index contributed by atoms with van der Waals surface area (Å²) in [5, 5.41) is 8.98. The summed E-state index contributed by atoms with van der Waals surface area (Å²) in [6, 6.07) is 26.1. The highest BCUT2D eigenvalue weighted by molar-refractivity contribution is 5.84. The predicted octanol–water partition coefficient (Wildman–Crippen LogP) is 5.10. The summed E-state index contributed by atoms with van der Waals surface area (Å²) in [5.41, 5.74) is 11.2. The number of carboxylic acid groups (broad SMARTS) is 1. The highest BCUT2D eigenvalue weighted by atomic mass is 16.4. The number of carbonyl (C=O) groups excluding carboxylic acids is 1. The molecule has 176 valence electrons. The first-order valence-electron chi connectivity index (χ1n) is 12.0. The number of carboxylic acids is 1. The summed E-state index contributed by atoms with van der Waals surface area (Å²) in [4.78, 5) is 26.4. The number of anilines is 1. The van der Waals surface area contributed by atoms with Crippen molar-refractivity contribution in [2.75, 3.05) is 18.0 Å². The smallest absolute Gasteiger partial charge is 0.303 e. The van der Waals surface area contributed by atoms with Gasteiger partial charge in [0.15, 0.2) is 0 Å². The first kappa shape index (κ1) is 23.6. The van der Waals surface area contributed by atoms with Crippen LogP contribution in [0.3, 0.4) is 0 Å². The van der Waals surface area contributed by atoms with Crippen LogP contribution in [0.4, 0.5) is 5.69 Å². The molecule has 5 heteroatoms. The maximum atomic E-state index is 13.0.